The van der Waals surface area contributed by atoms with Crippen LogP contribution >= 0.6 is 0 Å². The van der Waals surface area contributed by atoms with Gasteiger partial charge >= 0.3 is 0 Å². The van der Waals surface area contributed by atoms with Gasteiger partial charge in [-0.05, 0) is 53.5 Å². The van der Waals surface area contributed by atoms with E-state index < -0.39 is 0 Å². The number of piperidine rings is 1. The van der Waals surface area contributed by atoms with Gasteiger partial charge in [0.1, 0.15) is 12.0 Å². The molecule has 3 aromatic rings. The molecular weight excluding hydrogens is 348 g/mol. The molecule has 0 N–H and O–H groups in total. The van der Waals surface area contributed by atoms with E-state index in [1.165, 1.54) is 16.7 Å². The van der Waals surface area contributed by atoms with Crippen LogP contribution in [0.15, 0.2) is 61.3 Å². The van der Waals surface area contributed by atoms with Crippen LogP contribution in [0.3, 0.4) is 0 Å². The summed E-state index contributed by atoms with van der Waals surface area (Å²) in [7, 11) is 1.93. The molecule has 5 heteroatoms. The Hall–Kier alpha value is -2.95. The molecule has 1 atom stereocenters. The van der Waals surface area contributed by atoms with Gasteiger partial charge in [0, 0.05) is 44.6 Å². The van der Waals surface area contributed by atoms with E-state index in [-0.39, 0.29) is 11.3 Å². The SMILES string of the molecule is Cn1cccc1C(=O)N1CCC2(CC1)CC(c1cncnc1)c1ccccc12. The van der Waals surface area contributed by atoms with E-state index in [0.717, 1.165) is 38.0 Å². The molecule has 1 aromatic carbocycles. The number of aromatic nitrogens is 3. The minimum Gasteiger partial charge on any atom is -0.347 e. The van der Waals surface area contributed by atoms with Crippen LogP contribution in [0.5, 0.6) is 0 Å². The van der Waals surface area contributed by atoms with Gasteiger partial charge in [-0.25, -0.2) is 9.97 Å². The topological polar surface area (TPSA) is 51.0 Å². The van der Waals surface area contributed by atoms with Crippen LogP contribution in [-0.4, -0.2) is 38.4 Å². The van der Waals surface area contributed by atoms with Crippen molar-refractivity contribution in [2.75, 3.05) is 13.1 Å². The number of carbonyl (C=O) groups excluding carboxylic acids is 1. The van der Waals surface area contributed by atoms with Crippen molar-refractivity contribution < 1.29 is 4.79 Å². The lowest BCUT2D eigenvalue weighted by molar-refractivity contribution is 0.0654. The molecule has 0 radical (unpaired) electrons. The molecule has 3 heterocycles. The molecule has 0 saturated carbocycles. The zero-order valence-corrected chi connectivity index (χ0v) is 16.1. The van der Waals surface area contributed by atoms with Crippen molar-refractivity contribution in [3.05, 3.63) is 83.7 Å². The molecule has 1 aliphatic carbocycles. The van der Waals surface area contributed by atoms with Crippen molar-refractivity contribution in [1.82, 2.24) is 19.4 Å². The minimum absolute atomic E-state index is 0.140. The van der Waals surface area contributed by atoms with Crippen LogP contribution in [0.2, 0.25) is 0 Å². The Labute approximate surface area is 165 Å². The zero-order valence-electron chi connectivity index (χ0n) is 16.1. The highest BCUT2D eigenvalue weighted by molar-refractivity contribution is 5.92. The summed E-state index contributed by atoms with van der Waals surface area (Å²) in [6, 6.07) is 12.6. The number of hydrogen-bond donors (Lipinski definition) is 0. The lowest BCUT2D eigenvalue weighted by Crippen LogP contribution is -2.44. The molecular formula is C23H24N4O. The normalized spacial score (nSPS) is 20.3. The van der Waals surface area contributed by atoms with Crippen molar-refractivity contribution in [1.29, 1.82) is 0 Å². The van der Waals surface area contributed by atoms with Crippen LogP contribution in [-0.2, 0) is 12.5 Å². The predicted molar refractivity (Wildman–Crippen MR) is 107 cm³/mol. The first-order chi connectivity index (χ1) is 13.7. The Morgan fingerprint density at radius 3 is 2.54 bits per heavy atom. The van der Waals surface area contributed by atoms with Crippen molar-refractivity contribution >= 4 is 5.91 Å². The van der Waals surface area contributed by atoms with E-state index in [0.29, 0.717) is 5.92 Å². The van der Waals surface area contributed by atoms with E-state index in [9.17, 15) is 4.79 Å². The molecule has 2 aromatic heterocycles. The number of hydrogen-bond acceptors (Lipinski definition) is 3. The van der Waals surface area contributed by atoms with E-state index in [4.69, 9.17) is 0 Å². The summed E-state index contributed by atoms with van der Waals surface area (Å²) in [4.78, 5) is 23.4. The number of benzene rings is 1. The Kier molecular flexibility index (Phi) is 4.04. The van der Waals surface area contributed by atoms with Crippen molar-refractivity contribution in [2.24, 2.45) is 7.05 Å². The number of amides is 1. The second kappa shape index (κ2) is 6.59. The van der Waals surface area contributed by atoms with Crippen LogP contribution in [0.25, 0.3) is 0 Å². The van der Waals surface area contributed by atoms with Gasteiger partial charge in [0.15, 0.2) is 0 Å². The third-order valence-electron chi connectivity index (χ3n) is 6.66. The van der Waals surface area contributed by atoms with Crippen molar-refractivity contribution in [2.45, 2.75) is 30.6 Å². The van der Waals surface area contributed by atoms with Crippen LogP contribution in [0.1, 0.15) is 52.4 Å². The van der Waals surface area contributed by atoms with Gasteiger partial charge in [-0.15, -0.1) is 0 Å². The monoisotopic (exact) mass is 372 g/mol. The minimum atomic E-state index is 0.140. The number of rotatable bonds is 2. The zero-order chi connectivity index (χ0) is 19.1. The molecule has 142 valence electrons. The molecule has 1 fully saturated rings. The first-order valence-electron chi connectivity index (χ1n) is 9.93. The fourth-order valence-corrected chi connectivity index (χ4v) is 5.14. The Morgan fingerprint density at radius 2 is 1.82 bits per heavy atom. The van der Waals surface area contributed by atoms with Crippen LogP contribution in [0.4, 0.5) is 0 Å². The Bertz CT molecular complexity index is 1000. The average molecular weight is 372 g/mol. The molecule has 2 aliphatic rings. The largest absolute Gasteiger partial charge is 0.347 e. The molecule has 1 unspecified atom stereocenters. The molecule has 1 aliphatic heterocycles. The number of likely N-dealkylation sites (tertiary alicyclic amines) is 1. The Morgan fingerprint density at radius 1 is 1.07 bits per heavy atom. The van der Waals surface area contributed by atoms with Gasteiger partial charge in [0.25, 0.3) is 5.91 Å². The fraction of sp³-hybridized carbons (Fsp3) is 0.348. The van der Waals surface area contributed by atoms with E-state index in [1.54, 1.807) is 6.33 Å². The van der Waals surface area contributed by atoms with Gasteiger partial charge in [0.05, 0.1) is 0 Å². The van der Waals surface area contributed by atoms with Crippen LogP contribution in [0, 0.1) is 0 Å². The maximum Gasteiger partial charge on any atom is 0.270 e. The molecule has 1 amide bonds. The molecule has 1 saturated heterocycles. The Balaban J connectivity index is 1.41. The van der Waals surface area contributed by atoms with Gasteiger partial charge in [0.2, 0.25) is 0 Å². The second-order valence-corrected chi connectivity index (χ2v) is 8.09. The third-order valence-corrected chi connectivity index (χ3v) is 6.66. The van der Waals surface area contributed by atoms with Crippen molar-refractivity contribution in [3.63, 3.8) is 0 Å². The van der Waals surface area contributed by atoms with E-state index in [1.807, 2.05) is 47.2 Å². The summed E-state index contributed by atoms with van der Waals surface area (Å²) >= 11 is 0. The van der Waals surface area contributed by atoms with Gasteiger partial charge in [-0.1, -0.05) is 24.3 Å². The highest BCUT2D eigenvalue weighted by Gasteiger charge is 2.46. The number of carbonyl (C=O) groups is 1. The molecule has 28 heavy (non-hydrogen) atoms. The predicted octanol–water partition coefficient (Wildman–Crippen LogP) is 3.52. The number of nitrogens with zero attached hydrogens (tertiary/aromatic N) is 4. The highest BCUT2D eigenvalue weighted by Crippen LogP contribution is 2.53. The summed E-state index contributed by atoms with van der Waals surface area (Å²) in [6.45, 7) is 1.60. The smallest absolute Gasteiger partial charge is 0.270 e. The third kappa shape index (κ3) is 2.65. The lowest BCUT2D eigenvalue weighted by atomic mass is 9.73. The van der Waals surface area contributed by atoms with Crippen LogP contribution < -0.4 is 0 Å². The quantitative estimate of drug-likeness (QED) is 0.692. The highest BCUT2D eigenvalue weighted by atomic mass is 16.2. The summed E-state index contributed by atoms with van der Waals surface area (Å²) in [5.41, 5.74) is 4.95. The van der Waals surface area contributed by atoms with Gasteiger partial charge < -0.3 is 9.47 Å². The summed E-state index contributed by atoms with van der Waals surface area (Å²) < 4.78 is 1.91. The first-order valence-corrected chi connectivity index (χ1v) is 9.93. The summed E-state index contributed by atoms with van der Waals surface area (Å²) in [5, 5.41) is 0. The molecule has 0 bridgehead atoms. The average Bonchev–Trinajstić information content (AvgIpc) is 3.31. The first kappa shape index (κ1) is 17.2. The second-order valence-electron chi connectivity index (χ2n) is 8.09. The fourth-order valence-electron chi connectivity index (χ4n) is 5.14. The standard InChI is InChI=1S/C23H24N4O/c1-26-10-4-7-21(26)22(28)27-11-8-23(9-12-27)13-19(17-14-24-16-25-15-17)18-5-2-3-6-20(18)23/h2-7,10,14-16,19H,8-9,11-13H2,1H3. The van der Waals surface area contributed by atoms with E-state index in [2.05, 4.69) is 34.2 Å². The van der Waals surface area contributed by atoms with E-state index >= 15 is 0 Å². The van der Waals surface area contributed by atoms with Gasteiger partial charge in [-0.3, -0.25) is 4.79 Å². The van der Waals surface area contributed by atoms with Gasteiger partial charge in [-0.2, -0.15) is 0 Å². The maximum absolute atomic E-state index is 12.9. The maximum atomic E-state index is 12.9. The van der Waals surface area contributed by atoms with Crippen molar-refractivity contribution in [3.8, 4) is 0 Å². The summed E-state index contributed by atoms with van der Waals surface area (Å²) in [6.07, 6.45) is 10.5. The molecule has 5 nitrogen and oxygen atoms in total. The number of aryl methyl sites for hydroxylation is 1. The molecule has 5 rings (SSSR count). The number of fused-ring (bicyclic) bond motifs is 2. The summed E-state index contributed by atoms with van der Waals surface area (Å²) in [5.74, 6) is 0.481. The molecule has 1 spiro atoms. The lowest BCUT2D eigenvalue weighted by Gasteiger charge is -2.40.